The zero-order valence-corrected chi connectivity index (χ0v) is 16.3. The molecule has 3 fully saturated rings. The Morgan fingerprint density at radius 3 is 2.70 bits per heavy atom. The molecule has 5 nitrogen and oxygen atoms in total. The minimum Gasteiger partial charge on any atom is -0.444 e. The summed E-state index contributed by atoms with van der Waals surface area (Å²) in [5.74, 6) is 0.446. The van der Waals surface area contributed by atoms with Gasteiger partial charge in [0.25, 0.3) is 0 Å². The van der Waals surface area contributed by atoms with Crippen LogP contribution in [0.25, 0.3) is 0 Å². The lowest BCUT2D eigenvalue weighted by Crippen LogP contribution is -2.60. The number of carbonyl (C=O) groups is 1. The van der Waals surface area contributed by atoms with Crippen molar-refractivity contribution < 1.29 is 9.53 Å². The number of thioether (sulfide) groups is 1. The predicted octanol–water partition coefficient (Wildman–Crippen LogP) is 4.06. The van der Waals surface area contributed by atoms with E-state index >= 15 is 0 Å². The molecule has 2 aromatic rings. The number of anilines is 1. The number of carbonyl (C=O) groups excluding carboxylic acids is 1. The minimum absolute atomic E-state index is 0.0711. The molecule has 3 aliphatic rings. The largest absolute Gasteiger partial charge is 0.444 e. The molecule has 6 heteroatoms. The normalized spacial score (nSPS) is 26.6. The van der Waals surface area contributed by atoms with Crippen LogP contribution in [-0.2, 0) is 11.2 Å². The first-order valence-electron chi connectivity index (χ1n) is 9.47. The van der Waals surface area contributed by atoms with Gasteiger partial charge in [0.2, 0.25) is 0 Å². The fourth-order valence-electron chi connectivity index (χ4n) is 4.23. The van der Waals surface area contributed by atoms with Gasteiger partial charge in [0.15, 0.2) is 0 Å². The number of hydrogen-bond acceptors (Lipinski definition) is 5. The van der Waals surface area contributed by atoms with Crippen molar-refractivity contribution in [3.8, 4) is 0 Å². The molecular formula is C21H25N3O2S. The SMILES string of the molecule is CSc1ccc(NC(=O)O[C@@H]2C3CCN(CC3)[C@@H]2Cc2cccnc2)cc1. The van der Waals surface area contributed by atoms with Gasteiger partial charge in [-0.15, -0.1) is 11.8 Å². The zero-order valence-electron chi connectivity index (χ0n) is 15.5. The first-order chi connectivity index (χ1) is 13.2. The lowest BCUT2D eigenvalue weighted by Gasteiger charge is -2.50. The highest BCUT2D eigenvalue weighted by molar-refractivity contribution is 7.98. The summed E-state index contributed by atoms with van der Waals surface area (Å²) >= 11 is 1.68. The van der Waals surface area contributed by atoms with Gasteiger partial charge in [-0.2, -0.15) is 0 Å². The van der Waals surface area contributed by atoms with Gasteiger partial charge in [-0.05, 0) is 74.5 Å². The van der Waals surface area contributed by atoms with E-state index in [1.165, 1.54) is 10.5 Å². The summed E-state index contributed by atoms with van der Waals surface area (Å²) < 4.78 is 5.95. The van der Waals surface area contributed by atoms with E-state index in [1.54, 1.807) is 18.0 Å². The monoisotopic (exact) mass is 383 g/mol. The number of piperidine rings is 3. The van der Waals surface area contributed by atoms with E-state index in [0.29, 0.717) is 5.92 Å². The van der Waals surface area contributed by atoms with Crippen molar-refractivity contribution in [2.45, 2.75) is 36.3 Å². The molecule has 142 valence electrons. The maximum atomic E-state index is 12.5. The van der Waals surface area contributed by atoms with Crippen molar-refractivity contribution in [2.24, 2.45) is 5.92 Å². The molecule has 0 spiro atoms. The average Bonchev–Trinajstić information content (AvgIpc) is 2.72. The Labute approximate surface area is 164 Å². The zero-order chi connectivity index (χ0) is 18.6. The fourth-order valence-corrected chi connectivity index (χ4v) is 4.64. The summed E-state index contributed by atoms with van der Waals surface area (Å²) in [7, 11) is 0. The first kappa shape index (κ1) is 18.3. The third kappa shape index (κ3) is 4.28. The van der Waals surface area contributed by atoms with Crippen LogP contribution in [0.5, 0.6) is 0 Å². The minimum atomic E-state index is -0.359. The van der Waals surface area contributed by atoms with E-state index in [4.69, 9.17) is 4.74 Å². The van der Waals surface area contributed by atoms with Gasteiger partial charge in [-0.25, -0.2) is 4.79 Å². The first-order valence-corrected chi connectivity index (χ1v) is 10.7. The van der Waals surface area contributed by atoms with E-state index in [9.17, 15) is 4.79 Å². The molecule has 1 N–H and O–H groups in total. The van der Waals surface area contributed by atoms with E-state index < -0.39 is 0 Å². The van der Waals surface area contributed by atoms with Gasteiger partial charge in [0, 0.05) is 28.9 Å². The summed E-state index contributed by atoms with van der Waals surface area (Å²) in [5, 5.41) is 2.88. The quantitative estimate of drug-likeness (QED) is 0.789. The molecule has 2 bridgehead atoms. The molecule has 0 aliphatic carbocycles. The van der Waals surface area contributed by atoms with E-state index in [2.05, 4.69) is 21.3 Å². The molecule has 0 unspecified atom stereocenters. The smallest absolute Gasteiger partial charge is 0.411 e. The predicted molar refractivity (Wildman–Crippen MR) is 108 cm³/mol. The maximum Gasteiger partial charge on any atom is 0.411 e. The Morgan fingerprint density at radius 1 is 1.26 bits per heavy atom. The van der Waals surface area contributed by atoms with Crippen LogP contribution in [0.3, 0.4) is 0 Å². The van der Waals surface area contributed by atoms with E-state index in [0.717, 1.165) is 38.0 Å². The number of fused-ring (bicyclic) bond motifs is 3. The third-order valence-electron chi connectivity index (χ3n) is 5.63. The number of amides is 1. The Balaban J connectivity index is 1.43. The standard InChI is InChI=1S/C21H25N3O2S/c1-27-18-6-4-17(5-7-18)23-21(25)26-20-16-8-11-24(12-9-16)19(20)13-15-3-2-10-22-14-15/h2-7,10,14,16,19-20H,8-9,11-13H2,1H3,(H,23,25)/t19-,20-/m1/s1. The summed E-state index contributed by atoms with van der Waals surface area (Å²) in [6, 6.07) is 12.1. The number of rotatable bonds is 5. The second-order valence-electron chi connectivity index (χ2n) is 7.23. The molecule has 1 amide bonds. The number of ether oxygens (including phenoxy) is 1. The Hall–Kier alpha value is -2.05. The Morgan fingerprint density at radius 2 is 2.04 bits per heavy atom. The second kappa shape index (κ2) is 8.31. The van der Waals surface area contributed by atoms with Crippen LogP contribution in [0.2, 0.25) is 0 Å². The number of aromatic nitrogens is 1. The van der Waals surface area contributed by atoms with Crippen LogP contribution in [0.15, 0.2) is 53.7 Å². The van der Waals surface area contributed by atoms with Crippen LogP contribution >= 0.6 is 11.8 Å². The molecule has 3 saturated heterocycles. The van der Waals surface area contributed by atoms with Gasteiger partial charge < -0.3 is 4.74 Å². The molecule has 0 radical (unpaired) electrons. The lowest BCUT2D eigenvalue weighted by molar-refractivity contribution is -0.0741. The molecular weight excluding hydrogens is 358 g/mol. The third-order valence-corrected chi connectivity index (χ3v) is 6.38. The highest BCUT2D eigenvalue weighted by Gasteiger charge is 2.44. The van der Waals surface area contributed by atoms with Crippen LogP contribution in [0.4, 0.5) is 10.5 Å². The Bertz CT molecular complexity index is 761. The van der Waals surface area contributed by atoms with E-state index in [1.807, 2.05) is 42.8 Å². The van der Waals surface area contributed by atoms with Crippen molar-refractivity contribution in [1.82, 2.24) is 9.88 Å². The van der Waals surface area contributed by atoms with E-state index in [-0.39, 0.29) is 18.2 Å². The van der Waals surface area contributed by atoms with Gasteiger partial charge in [0.1, 0.15) is 6.10 Å². The summed E-state index contributed by atoms with van der Waals surface area (Å²) in [5.41, 5.74) is 1.96. The number of nitrogens with zero attached hydrogens (tertiary/aromatic N) is 2. The number of hydrogen-bond donors (Lipinski definition) is 1. The molecule has 0 saturated carbocycles. The molecule has 27 heavy (non-hydrogen) atoms. The summed E-state index contributed by atoms with van der Waals surface area (Å²) in [6.45, 7) is 2.18. The van der Waals surface area contributed by atoms with Gasteiger partial charge in [-0.1, -0.05) is 6.07 Å². The van der Waals surface area contributed by atoms with Crippen molar-refractivity contribution in [2.75, 3.05) is 24.7 Å². The summed E-state index contributed by atoms with van der Waals surface area (Å²) in [4.78, 5) is 20.4. The highest BCUT2D eigenvalue weighted by atomic mass is 32.2. The van der Waals surface area contributed by atoms with Gasteiger partial charge >= 0.3 is 6.09 Å². The average molecular weight is 384 g/mol. The van der Waals surface area contributed by atoms with Gasteiger partial charge in [0.05, 0.1) is 6.04 Å². The van der Waals surface area contributed by atoms with Gasteiger partial charge in [-0.3, -0.25) is 15.2 Å². The highest BCUT2D eigenvalue weighted by Crippen LogP contribution is 2.36. The van der Waals surface area contributed by atoms with Crippen molar-refractivity contribution >= 4 is 23.5 Å². The Kier molecular flexibility index (Phi) is 5.64. The van der Waals surface area contributed by atoms with Crippen LogP contribution < -0.4 is 5.32 Å². The molecule has 2 atom stereocenters. The van der Waals surface area contributed by atoms with Crippen LogP contribution in [0.1, 0.15) is 18.4 Å². The number of pyridine rings is 1. The second-order valence-corrected chi connectivity index (χ2v) is 8.11. The number of benzene rings is 1. The molecule has 4 heterocycles. The molecule has 1 aromatic carbocycles. The topological polar surface area (TPSA) is 54.5 Å². The van der Waals surface area contributed by atoms with Crippen molar-refractivity contribution in [3.05, 3.63) is 54.4 Å². The molecule has 3 aliphatic heterocycles. The molecule has 5 rings (SSSR count). The molecule has 1 aromatic heterocycles. The number of nitrogens with one attached hydrogen (secondary N) is 1. The maximum absolute atomic E-state index is 12.5. The fraction of sp³-hybridized carbons (Fsp3) is 0.429. The summed E-state index contributed by atoms with van der Waals surface area (Å²) in [6.07, 6.45) is 8.37. The van der Waals surface area contributed by atoms with Crippen molar-refractivity contribution in [3.63, 3.8) is 0 Å². The van der Waals surface area contributed by atoms with Crippen LogP contribution in [-0.4, -0.2) is 47.5 Å². The lowest BCUT2D eigenvalue weighted by atomic mass is 9.78. The van der Waals surface area contributed by atoms with Crippen LogP contribution in [0, 0.1) is 5.92 Å². The van der Waals surface area contributed by atoms with Crippen molar-refractivity contribution in [1.29, 1.82) is 0 Å².